The molecule has 0 aromatic heterocycles. The SMILES string of the molecule is CC(/C=C/c1ccccc1)=C\C=C\C(C)O. The van der Waals surface area contributed by atoms with Gasteiger partial charge in [-0.3, -0.25) is 0 Å². The van der Waals surface area contributed by atoms with Gasteiger partial charge >= 0.3 is 0 Å². The van der Waals surface area contributed by atoms with Crippen molar-refractivity contribution in [3.63, 3.8) is 0 Å². The predicted molar refractivity (Wildman–Crippen MR) is 70.1 cm³/mol. The number of hydrogen-bond donors (Lipinski definition) is 1. The fraction of sp³-hybridized carbons (Fsp3) is 0.200. The molecule has 1 aromatic rings. The lowest BCUT2D eigenvalue weighted by atomic mass is 10.1. The number of rotatable bonds is 4. The lowest BCUT2D eigenvalue weighted by Gasteiger charge is -1.93. The van der Waals surface area contributed by atoms with Crippen molar-refractivity contribution >= 4 is 6.08 Å². The number of aliphatic hydroxyl groups is 1. The monoisotopic (exact) mass is 214 g/mol. The minimum absolute atomic E-state index is 0.387. The molecule has 0 amide bonds. The van der Waals surface area contributed by atoms with E-state index >= 15 is 0 Å². The average Bonchev–Trinajstić information content (AvgIpc) is 2.27. The van der Waals surface area contributed by atoms with Gasteiger partial charge in [-0.05, 0) is 19.4 Å². The van der Waals surface area contributed by atoms with Crippen LogP contribution in [-0.4, -0.2) is 11.2 Å². The van der Waals surface area contributed by atoms with Crippen molar-refractivity contribution in [2.45, 2.75) is 20.0 Å². The van der Waals surface area contributed by atoms with Crippen LogP contribution in [0.25, 0.3) is 6.08 Å². The van der Waals surface area contributed by atoms with Gasteiger partial charge in [0.1, 0.15) is 0 Å². The topological polar surface area (TPSA) is 20.2 Å². The number of aliphatic hydroxyl groups excluding tert-OH is 1. The molecule has 0 bridgehead atoms. The van der Waals surface area contributed by atoms with Crippen LogP contribution in [0.3, 0.4) is 0 Å². The first kappa shape index (κ1) is 12.5. The van der Waals surface area contributed by atoms with Crippen LogP contribution >= 0.6 is 0 Å². The Morgan fingerprint density at radius 3 is 2.56 bits per heavy atom. The van der Waals surface area contributed by atoms with Crippen LogP contribution in [0.2, 0.25) is 0 Å². The van der Waals surface area contributed by atoms with Crippen LogP contribution in [0.4, 0.5) is 0 Å². The molecule has 1 atom stereocenters. The third-order valence-corrected chi connectivity index (χ3v) is 2.09. The van der Waals surface area contributed by atoms with Gasteiger partial charge in [-0.25, -0.2) is 0 Å². The highest BCUT2D eigenvalue weighted by Crippen LogP contribution is 2.04. The molecular formula is C15H18O. The van der Waals surface area contributed by atoms with E-state index < -0.39 is 0 Å². The normalized spacial score (nSPS) is 14.8. The van der Waals surface area contributed by atoms with Gasteiger partial charge in [-0.1, -0.05) is 66.3 Å². The lowest BCUT2D eigenvalue weighted by Crippen LogP contribution is -1.90. The van der Waals surface area contributed by atoms with Gasteiger partial charge in [0.2, 0.25) is 0 Å². The van der Waals surface area contributed by atoms with E-state index in [1.807, 2.05) is 37.3 Å². The largest absolute Gasteiger partial charge is 0.389 e. The van der Waals surface area contributed by atoms with Crippen molar-refractivity contribution in [3.8, 4) is 0 Å². The van der Waals surface area contributed by atoms with Crippen LogP contribution in [-0.2, 0) is 0 Å². The molecule has 0 aliphatic rings. The summed E-state index contributed by atoms with van der Waals surface area (Å²) >= 11 is 0. The summed E-state index contributed by atoms with van der Waals surface area (Å²) in [6.45, 7) is 3.77. The highest BCUT2D eigenvalue weighted by atomic mass is 16.3. The van der Waals surface area contributed by atoms with Crippen LogP contribution in [0.5, 0.6) is 0 Å². The molecule has 1 nitrogen and oxygen atoms in total. The molecule has 0 saturated carbocycles. The maximum atomic E-state index is 9.04. The molecule has 0 aliphatic heterocycles. The molecule has 1 N–H and O–H groups in total. The molecule has 1 rings (SSSR count). The first-order chi connectivity index (χ1) is 7.68. The Hall–Kier alpha value is -1.60. The van der Waals surface area contributed by atoms with Crippen molar-refractivity contribution in [1.29, 1.82) is 0 Å². The fourth-order valence-electron chi connectivity index (χ4n) is 1.22. The molecule has 0 saturated heterocycles. The highest BCUT2D eigenvalue weighted by Gasteiger charge is 1.85. The van der Waals surface area contributed by atoms with E-state index in [0.29, 0.717) is 0 Å². The summed E-state index contributed by atoms with van der Waals surface area (Å²) in [6, 6.07) is 10.2. The lowest BCUT2D eigenvalue weighted by molar-refractivity contribution is 0.244. The zero-order chi connectivity index (χ0) is 11.8. The first-order valence-corrected chi connectivity index (χ1v) is 5.45. The second-order valence-electron chi connectivity index (χ2n) is 3.78. The van der Waals surface area contributed by atoms with Crippen LogP contribution < -0.4 is 0 Å². The highest BCUT2D eigenvalue weighted by molar-refractivity contribution is 5.52. The molecule has 16 heavy (non-hydrogen) atoms. The summed E-state index contributed by atoms with van der Waals surface area (Å²) in [7, 11) is 0. The van der Waals surface area contributed by atoms with Crippen LogP contribution in [0.15, 0.2) is 60.2 Å². The Bertz CT molecular complexity index is 383. The van der Waals surface area contributed by atoms with E-state index in [4.69, 9.17) is 5.11 Å². The van der Waals surface area contributed by atoms with Crippen molar-refractivity contribution in [2.24, 2.45) is 0 Å². The second-order valence-corrected chi connectivity index (χ2v) is 3.78. The first-order valence-electron chi connectivity index (χ1n) is 5.45. The molecule has 0 radical (unpaired) electrons. The molecule has 1 heteroatoms. The average molecular weight is 214 g/mol. The van der Waals surface area contributed by atoms with Gasteiger partial charge < -0.3 is 5.11 Å². The third kappa shape index (κ3) is 5.32. The predicted octanol–water partition coefficient (Wildman–Crippen LogP) is 3.58. The number of benzene rings is 1. The number of allylic oxidation sites excluding steroid dienone is 4. The molecule has 84 valence electrons. The van der Waals surface area contributed by atoms with E-state index in [1.54, 1.807) is 13.0 Å². The van der Waals surface area contributed by atoms with Gasteiger partial charge in [0, 0.05) is 0 Å². The third-order valence-electron chi connectivity index (χ3n) is 2.09. The standard InChI is InChI=1S/C15H18O/c1-13(7-6-8-14(2)16)11-12-15-9-4-3-5-10-15/h3-12,14,16H,1-2H3/b8-6+,12-11+,13-7+. The minimum atomic E-state index is -0.387. The summed E-state index contributed by atoms with van der Waals surface area (Å²) in [4.78, 5) is 0. The zero-order valence-corrected chi connectivity index (χ0v) is 9.80. The van der Waals surface area contributed by atoms with Gasteiger partial charge in [-0.15, -0.1) is 0 Å². The zero-order valence-electron chi connectivity index (χ0n) is 9.80. The van der Waals surface area contributed by atoms with Gasteiger partial charge in [0.05, 0.1) is 6.10 Å². The quantitative estimate of drug-likeness (QED) is 0.759. The maximum absolute atomic E-state index is 9.04. The second kappa shape index (κ2) is 6.81. The Labute approximate surface area is 97.4 Å². The summed E-state index contributed by atoms with van der Waals surface area (Å²) < 4.78 is 0. The molecule has 1 aromatic carbocycles. The van der Waals surface area contributed by atoms with Gasteiger partial charge in [0.25, 0.3) is 0 Å². The smallest absolute Gasteiger partial charge is 0.0695 e. The van der Waals surface area contributed by atoms with Crippen molar-refractivity contribution in [3.05, 3.63) is 65.8 Å². The van der Waals surface area contributed by atoms with Crippen molar-refractivity contribution in [2.75, 3.05) is 0 Å². The maximum Gasteiger partial charge on any atom is 0.0695 e. The van der Waals surface area contributed by atoms with Crippen LogP contribution in [0.1, 0.15) is 19.4 Å². The van der Waals surface area contributed by atoms with E-state index in [-0.39, 0.29) is 6.10 Å². The van der Waals surface area contributed by atoms with Crippen molar-refractivity contribution < 1.29 is 5.11 Å². The molecule has 0 fully saturated rings. The molecule has 0 aliphatic carbocycles. The van der Waals surface area contributed by atoms with E-state index in [9.17, 15) is 0 Å². The minimum Gasteiger partial charge on any atom is -0.389 e. The Morgan fingerprint density at radius 1 is 1.25 bits per heavy atom. The van der Waals surface area contributed by atoms with E-state index in [1.165, 1.54) is 5.56 Å². The fourth-order valence-corrected chi connectivity index (χ4v) is 1.22. The summed E-state index contributed by atoms with van der Waals surface area (Å²) in [5.41, 5.74) is 2.34. The molecular weight excluding hydrogens is 196 g/mol. The molecule has 0 spiro atoms. The molecule has 0 heterocycles. The van der Waals surface area contributed by atoms with Gasteiger partial charge in [-0.2, -0.15) is 0 Å². The Balaban J connectivity index is 2.57. The van der Waals surface area contributed by atoms with E-state index in [0.717, 1.165) is 5.57 Å². The summed E-state index contributed by atoms with van der Waals surface area (Å²) in [5.74, 6) is 0. The summed E-state index contributed by atoms with van der Waals surface area (Å²) in [5, 5.41) is 9.04. The van der Waals surface area contributed by atoms with Gasteiger partial charge in [0.15, 0.2) is 0 Å². The van der Waals surface area contributed by atoms with Crippen LogP contribution in [0, 0.1) is 0 Å². The van der Waals surface area contributed by atoms with Crippen molar-refractivity contribution in [1.82, 2.24) is 0 Å². The van der Waals surface area contributed by atoms with E-state index in [2.05, 4.69) is 24.3 Å². The molecule has 1 unspecified atom stereocenters. The number of hydrogen-bond acceptors (Lipinski definition) is 1. The Morgan fingerprint density at radius 2 is 1.94 bits per heavy atom. The summed E-state index contributed by atoms with van der Waals surface area (Å²) in [6.07, 6.45) is 9.34. The Kier molecular flexibility index (Phi) is 5.30.